The maximum Gasteiger partial charge on any atom is 0.0175 e. The fraction of sp³-hybridized carbons (Fsp3) is 0.375. The zero-order chi connectivity index (χ0) is 13.2. The molecule has 1 aromatic heterocycles. The SMILES string of the molecule is Cc1ccsc1C1CCNCC1c1ccc(Br)cc1. The van der Waals surface area contributed by atoms with Crippen LogP contribution in [0.2, 0.25) is 0 Å². The number of thiophene rings is 1. The van der Waals surface area contributed by atoms with E-state index in [2.05, 4.69) is 63.9 Å². The van der Waals surface area contributed by atoms with Gasteiger partial charge in [-0.15, -0.1) is 11.3 Å². The molecule has 0 aliphatic carbocycles. The van der Waals surface area contributed by atoms with Crippen LogP contribution in [0.15, 0.2) is 40.2 Å². The van der Waals surface area contributed by atoms with Gasteiger partial charge < -0.3 is 5.32 Å². The molecule has 0 amide bonds. The highest BCUT2D eigenvalue weighted by molar-refractivity contribution is 9.10. The summed E-state index contributed by atoms with van der Waals surface area (Å²) in [7, 11) is 0. The number of aryl methyl sites for hydroxylation is 1. The molecule has 2 heterocycles. The van der Waals surface area contributed by atoms with Crippen molar-refractivity contribution in [2.75, 3.05) is 13.1 Å². The molecule has 1 nitrogen and oxygen atoms in total. The highest BCUT2D eigenvalue weighted by Crippen LogP contribution is 2.41. The molecule has 1 aliphatic heterocycles. The smallest absolute Gasteiger partial charge is 0.0175 e. The first kappa shape index (κ1) is 13.3. The minimum atomic E-state index is 0.596. The van der Waals surface area contributed by atoms with Crippen molar-refractivity contribution in [2.24, 2.45) is 0 Å². The molecular weight excluding hydrogens is 318 g/mol. The van der Waals surface area contributed by atoms with Crippen molar-refractivity contribution in [3.8, 4) is 0 Å². The van der Waals surface area contributed by atoms with Crippen molar-refractivity contribution in [1.29, 1.82) is 0 Å². The van der Waals surface area contributed by atoms with Crippen LogP contribution in [0.1, 0.15) is 34.3 Å². The molecule has 3 rings (SSSR count). The number of halogens is 1. The molecule has 1 N–H and O–H groups in total. The topological polar surface area (TPSA) is 12.0 Å². The van der Waals surface area contributed by atoms with Crippen LogP contribution in [0, 0.1) is 6.92 Å². The second-order valence-corrected chi connectivity index (χ2v) is 7.09. The lowest BCUT2D eigenvalue weighted by Gasteiger charge is -2.32. The zero-order valence-corrected chi connectivity index (χ0v) is 13.4. The Hall–Kier alpha value is -0.640. The Bertz CT molecular complexity index is 546. The van der Waals surface area contributed by atoms with Gasteiger partial charge in [0.1, 0.15) is 0 Å². The van der Waals surface area contributed by atoms with Crippen LogP contribution in [0.4, 0.5) is 0 Å². The van der Waals surface area contributed by atoms with E-state index < -0.39 is 0 Å². The van der Waals surface area contributed by atoms with Gasteiger partial charge in [-0.05, 0) is 54.6 Å². The third-order valence-electron chi connectivity index (χ3n) is 4.02. The summed E-state index contributed by atoms with van der Waals surface area (Å²) < 4.78 is 1.16. The molecule has 1 saturated heterocycles. The second kappa shape index (κ2) is 5.78. The third kappa shape index (κ3) is 2.78. The first-order chi connectivity index (χ1) is 9.25. The van der Waals surface area contributed by atoms with Gasteiger partial charge in [0.2, 0.25) is 0 Å². The maximum atomic E-state index is 3.55. The first-order valence-corrected chi connectivity index (χ1v) is 8.43. The normalized spacial score (nSPS) is 23.5. The standard InChI is InChI=1S/C16H18BrNS/c1-11-7-9-19-16(11)14-6-8-18-10-15(14)12-2-4-13(17)5-3-12/h2-5,7,9,14-15,18H,6,8,10H2,1H3. The van der Waals surface area contributed by atoms with Crippen molar-refractivity contribution in [1.82, 2.24) is 5.32 Å². The third-order valence-corrected chi connectivity index (χ3v) is 5.70. The Kier molecular flexibility index (Phi) is 4.06. The summed E-state index contributed by atoms with van der Waals surface area (Å²) in [6.07, 6.45) is 1.24. The summed E-state index contributed by atoms with van der Waals surface area (Å²) in [4.78, 5) is 1.58. The van der Waals surface area contributed by atoms with Crippen molar-refractivity contribution >= 4 is 27.3 Å². The van der Waals surface area contributed by atoms with Gasteiger partial charge in [-0.3, -0.25) is 0 Å². The van der Waals surface area contributed by atoms with Crippen LogP contribution in [0.5, 0.6) is 0 Å². The number of hydrogen-bond donors (Lipinski definition) is 1. The quantitative estimate of drug-likeness (QED) is 0.840. The second-order valence-electron chi connectivity index (χ2n) is 5.23. The van der Waals surface area contributed by atoms with E-state index in [4.69, 9.17) is 0 Å². The van der Waals surface area contributed by atoms with Gasteiger partial charge in [0, 0.05) is 27.7 Å². The van der Waals surface area contributed by atoms with Gasteiger partial charge >= 0.3 is 0 Å². The van der Waals surface area contributed by atoms with E-state index in [-0.39, 0.29) is 0 Å². The van der Waals surface area contributed by atoms with Gasteiger partial charge in [0.05, 0.1) is 0 Å². The van der Waals surface area contributed by atoms with E-state index in [0.29, 0.717) is 11.8 Å². The lowest BCUT2D eigenvalue weighted by atomic mass is 9.80. The van der Waals surface area contributed by atoms with Gasteiger partial charge in [-0.25, -0.2) is 0 Å². The number of rotatable bonds is 2. The molecule has 0 spiro atoms. The monoisotopic (exact) mass is 335 g/mol. The molecule has 1 aliphatic rings. The molecule has 0 bridgehead atoms. The summed E-state index contributed by atoms with van der Waals surface area (Å²) in [5.41, 5.74) is 2.91. The molecular formula is C16H18BrNS. The van der Waals surface area contributed by atoms with Gasteiger partial charge in [-0.2, -0.15) is 0 Å². The van der Waals surface area contributed by atoms with Gasteiger partial charge in [0.15, 0.2) is 0 Å². The Morgan fingerprint density at radius 2 is 1.95 bits per heavy atom. The van der Waals surface area contributed by atoms with Crippen LogP contribution in [0.3, 0.4) is 0 Å². The number of nitrogens with one attached hydrogen (secondary N) is 1. The van der Waals surface area contributed by atoms with Crippen LogP contribution in [-0.4, -0.2) is 13.1 Å². The average Bonchev–Trinajstić information content (AvgIpc) is 2.86. The molecule has 2 aromatic rings. The van der Waals surface area contributed by atoms with Crippen LogP contribution < -0.4 is 5.32 Å². The average molecular weight is 336 g/mol. The molecule has 2 unspecified atom stereocenters. The van der Waals surface area contributed by atoms with Gasteiger partial charge in [0.25, 0.3) is 0 Å². The lowest BCUT2D eigenvalue weighted by Crippen LogP contribution is -2.33. The summed E-state index contributed by atoms with van der Waals surface area (Å²) in [5, 5.41) is 5.78. The van der Waals surface area contributed by atoms with E-state index in [0.717, 1.165) is 17.6 Å². The van der Waals surface area contributed by atoms with Crippen molar-refractivity contribution < 1.29 is 0 Å². The Balaban J connectivity index is 1.93. The molecule has 0 saturated carbocycles. The minimum absolute atomic E-state index is 0.596. The molecule has 100 valence electrons. The van der Waals surface area contributed by atoms with Crippen LogP contribution >= 0.6 is 27.3 Å². The Morgan fingerprint density at radius 3 is 2.63 bits per heavy atom. The van der Waals surface area contributed by atoms with E-state index in [9.17, 15) is 0 Å². The molecule has 1 fully saturated rings. The predicted octanol–water partition coefficient (Wildman–Crippen LogP) is 4.68. The van der Waals surface area contributed by atoms with E-state index in [1.54, 1.807) is 4.88 Å². The summed E-state index contributed by atoms with van der Waals surface area (Å²) in [6, 6.07) is 11.1. The number of piperidine rings is 1. The van der Waals surface area contributed by atoms with Crippen molar-refractivity contribution in [2.45, 2.75) is 25.2 Å². The summed E-state index contributed by atoms with van der Waals surface area (Å²) >= 11 is 5.44. The first-order valence-electron chi connectivity index (χ1n) is 6.76. The van der Waals surface area contributed by atoms with Crippen molar-refractivity contribution in [3.05, 3.63) is 56.2 Å². The highest BCUT2D eigenvalue weighted by atomic mass is 79.9. The fourth-order valence-electron chi connectivity index (χ4n) is 3.00. The molecule has 1 aromatic carbocycles. The Labute approximate surface area is 127 Å². The van der Waals surface area contributed by atoms with Crippen LogP contribution in [-0.2, 0) is 0 Å². The Morgan fingerprint density at radius 1 is 1.16 bits per heavy atom. The van der Waals surface area contributed by atoms with Crippen LogP contribution in [0.25, 0.3) is 0 Å². The summed E-state index contributed by atoms with van der Waals surface area (Å²) in [6.45, 7) is 4.46. The van der Waals surface area contributed by atoms with Crippen molar-refractivity contribution in [3.63, 3.8) is 0 Å². The number of hydrogen-bond acceptors (Lipinski definition) is 2. The summed E-state index contributed by atoms with van der Waals surface area (Å²) in [5.74, 6) is 1.27. The van der Waals surface area contributed by atoms with E-state index in [1.807, 2.05) is 11.3 Å². The van der Waals surface area contributed by atoms with Gasteiger partial charge in [-0.1, -0.05) is 28.1 Å². The molecule has 19 heavy (non-hydrogen) atoms. The number of benzene rings is 1. The molecule has 2 atom stereocenters. The zero-order valence-electron chi connectivity index (χ0n) is 11.0. The van der Waals surface area contributed by atoms with E-state index in [1.165, 1.54) is 17.5 Å². The fourth-order valence-corrected chi connectivity index (χ4v) is 4.39. The minimum Gasteiger partial charge on any atom is -0.316 e. The highest BCUT2D eigenvalue weighted by Gasteiger charge is 2.29. The lowest BCUT2D eigenvalue weighted by molar-refractivity contribution is 0.407. The molecule has 3 heteroatoms. The van der Waals surface area contributed by atoms with E-state index >= 15 is 0 Å². The maximum absolute atomic E-state index is 3.55. The predicted molar refractivity (Wildman–Crippen MR) is 86.2 cm³/mol. The largest absolute Gasteiger partial charge is 0.316 e. The molecule has 0 radical (unpaired) electrons.